The summed E-state index contributed by atoms with van der Waals surface area (Å²) in [6.07, 6.45) is -0.0687. The highest BCUT2D eigenvalue weighted by molar-refractivity contribution is 6.32. The van der Waals surface area contributed by atoms with Gasteiger partial charge < -0.3 is 4.40 Å². The minimum atomic E-state index is -4.65. The van der Waals surface area contributed by atoms with E-state index in [4.69, 9.17) is 7.85 Å². The Kier molecular flexibility index (Phi) is 3.94. The van der Waals surface area contributed by atoms with E-state index in [-0.39, 0.29) is 23.5 Å². The Bertz CT molecular complexity index is 1130. The van der Waals surface area contributed by atoms with Crippen molar-refractivity contribution in [2.24, 2.45) is 0 Å². The van der Waals surface area contributed by atoms with Crippen LogP contribution in [0, 0.1) is 5.82 Å². The van der Waals surface area contributed by atoms with E-state index < -0.39 is 17.8 Å². The molecule has 4 rings (SSSR count). The molecule has 27 heavy (non-hydrogen) atoms. The Labute approximate surface area is 150 Å². The number of hydrogen-bond donors (Lipinski definition) is 1. The predicted octanol–water partition coefficient (Wildman–Crippen LogP) is 2.06. The Hall–Kier alpha value is -3.24. The van der Waals surface area contributed by atoms with E-state index in [1.807, 2.05) is 5.10 Å². The zero-order valence-electron chi connectivity index (χ0n) is 13.5. The summed E-state index contributed by atoms with van der Waals surface area (Å²) in [6, 6.07) is 4.14. The lowest BCUT2D eigenvalue weighted by Crippen LogP contribution is -2.08. The molecule has 4 aromatic rings. The number of nitrogens with zero attached hydrogens (tertiary/aromatic N) is 5. The van der Waals surface area contributed by atoms with Crippen LogP contribution in [-0.4, -0.2) is 37.4 Å². The molecule has 0 saturated carbocycles. The van der Waals surface area contributed by atoms with Gasteiger partial charge in [-0.1, -0.05) is 17.6 Å². The van der Waals surface area contributed by atoms with Gasteiger partial charge in [-0.15, -0.1) is 0 Å². The fourth-order valence-corrected chi connectivity index (χ4v) is 2.64. The first-order valence-electron chi connectivity index (χ1n) is 7.68. The molecule has 0 bridgehead atoms. The Morgan fingerprint density at radius 1 is 1.19 bits per heavy atom. The van der Waals surface area contributed by atoms with Crippen LogP contribution in [0.2, 0.25) is 0 Å². The molecule has 0 aliphatic rings. The molecular weight excluding hydrogens is 363 g/mol. The van der Waals surface area contributed by atoms with Crippen molar-refractivity contribution in [1.82, 2.24) is 29.5 Å². The first-order chi connectivity index (χ1) is 12.8. The summed E-state index contributed by atoms with van der Waals surface area (Å²) < 4.78 is 53.9. The quantitative estimate of drug-likeness (QED) is 0.442. The highest BCUT2D eigenvalue weighted by Gasteiger charge is 2.35. The van der Waals surface area contributed by atoms with E-state index in [9.17, 15) is 17.6 Å². The molecule has 0 amide bonds. The number of aromatic amines is 1. The van der Waals surface area contributed by atoms with Crippen molar-refractivity contribution in [2.45, 2.75) is 12.6 Å². The molecule has 0 fully saturated rings. The molecule has 0 unspecified atom stereocenters. The van der Waals surface area contributed by atoms with Crippen molar-refractivity contribution < 1.29 is 17.6 Å². The molecule has 0 aliphatic heterocycles. The van der Waals surface area contributed by atoms with Gasteiger partial charge >= 0.3 is 6.18 Å². The summed E-state index contributed by atoms with van der Waals surface area (Å²) in [4.78, 5) is 11.9. The third kappa shape index (κ3) is 3.27. The zero-order valence-corrected chi connectivity index (χ0v) is 13.5. The Balaban J connectivity index is 1.80. The molecule has 2 radical (unpaired) electrons. The van der Waals surface area contributed by atoms with Crippen LogP contribution in [0.5, 0.6) is 0 Å². The van der Waals surface area contributed by atoms with Crippen LogP contribution in [0.3, 0.4) is 0 Å². The van der Waals surface area contributed by atoms with Gasteiger partial charge in [0.05, 0.1) is 5.69 Å². The van der Waals surface area contributed by atoms with Crippen LogP contribution in [0.25, 0.3) is 17.2 Å². The van der Waals surface area contributed by atoms with Crippen LogP contribution in [-0.2, 0) is 12.6 Å². The molecule has 0 aliphatic carbocycles. The van der Waals surface area contributed by atoms with Crippen LogP contribution < -0.4 is 5.46 Å². The van der Waals surface area contributed by atoms with Gasteiger partial charge in [0.25, 0.3) is 0 Å². The van der Waals surface area contributed by atoms with Crippen LogP contribution in [0.1, 0.15) is 17.1 Å². The fraction of sp³-hybridized carbons (Fsp3) is 0.125. The first-order valence-corrected chi connectivity index (χ1v) is 7.68. The summed E-state index contributed by atoms with van der Waals surface area (Å²) in [6.45, 7) is 0. The van der Waals surface area contributed by atoms with E-state index in [1.165, 1.54) is 30.6 Å². The lowest BCUT2D eigenvalue weighted by Gasteiger charge is -2.08. The number of imidazole rings is 1. The number of halogens is 4. The van der Waals surface area contributed by atoms with Crippen molar-refractivity contribution in [2.75, 3.05) is 0 Å². The average molecular weight is 372 g/mol. The number of rotatable bonds is 3. The third-order valence-electron chi connectivity index (χ3n) is 3.85. The normalized spacial score (nSPS) is 12.0. The molecule has 0 saturated heterocycles. The monoisotopic (exact) mass is 372 g/mol. The summed E-state index contributed by atoms with van der Waals surface area (Å²) >= 11 is 0. The molecule has 1 aromatic carbocycles. The molecular formula is C16H9BF4N6. The van der Waals surface area contributed by atoms with Crippen molar-refractivity contribution >= 4 is 19.0 Å². The van der Waals surface area contributed by atoms with Crippen molar-refractivity contribution in [3.8, 4) is 11.5 Å². The summed E-state index contributed by atoms with van der Waals surface area (Å²) in [5, 5.41) is 5.42. The van der Waals surface area contributed by atoms with Crippen molar-refractivity contribution in [3.05, 3.63) is 59.7 Å². The van der Waals surface area contributed by atoms with Gasteiger partial charge in [0, 0.05) is 25.0 Å². The number of hydrogen-bond acceptors (Lipinski definition) is 4. The topological polar surface area (TPSA) is 71.8 Å². The van der Waals surface area contributed by atoms with Gasteiger partial charge in [0.2, 0.25) is 11.6 Å². The van der Waals surface area contributed by atoms with Gasteiger partial charge in [-0.05, 0) is 11.6 Å². The smallest absolute Gasteiger partial charge is 0.303 e. The lowest BCUT2D eigenvalue weighted by molar-refractivity contribution is -0.144. The van der Waals surface area contributed by atoms with Crippen LogP contribution in [0.4, 0.5) is 17.6 Å². The molecule has 3 aromatic heterocycles. The van der Waals surface area contributed by atoms with E-state index >= 15 is 0 Å². The van der Waals surface area contributed by atoms with E-state index in [2.05, 4.69) is 20.1 Å². The first kappa shape index (κ1) is 17.2. The number of alkyl halides is 3. The highest BCUT2D eigenvalue weighted by Crippen LogP contribution is 2.27. The van der Waals surface area contributed by atoms with Crippen molar-refractivity contribution in [1.29, 1.82) is 0 Å². The molecule has 134 valence electrons. The summed E-state index contributed by atoms with van der Waals surface area (Å²) in [5.74, 6) is -1.93. The number of fused-ring (bicyclic) bond motifs is 1. The van der Waals surface area contributed by atoms with Gasteiger partial charge in [-0.2, -0.15) is 18.3 Å². The molecule has 0 atom stereocenters. The van der Waals surface area contributed by atoms with Gasteiger partial charge in [-0.3, -0.25) is 5.10 Å². The predicted molar refractivity (Wildman–Crippen MR) is 88.0 cm³/mol. The Morgan fingerprint density at radius 3 is 2.74 bits per heavy atom. The van der Waals surface area contributed by atoms with E-state index in [1.54, 1.807) is 10.6 Å². The summed E-state index contributed by atoms with van der Waals surface area (Å²) in [7, 11) is 5.70. The van der Waals surface area contributed by atoms with E-state index in [0.29, 0.717) is 16.8 Å². The molecule has 0 spiro atoms. The Morgan fingerprint density at radius 2 is 2.00 bits per heavy atom. The average Bonchev–Trinajstić information content (AvgIpc) is 3.26. The second-order valence-electron chi connectivity index (χ2n) is 5.76. The number of benzene rings is 1. The van der Waals surface area contributed by atoms with Gasteiger partial charge in [0.1, 0.15) is 19.4 Å². The lowest BCUT2D eigenvalue weighted by atomic mass is 9.93. The van der Waals surface area contributed by atoms with E-state index in [0.717, 1.165) is 0 Å². The van der Waals surface area contributed by atoms with Gasteiger partial charge in [0.15, 0.2) is 5.65 Å². The minimum Gasteiger partial charge on any atom is -0.303 e. The molecule has 11 heteroatoms. The number of nitrogens with one attached hydrogen (secondary N) is 1. The maximum Gasteiger partial charge on any atom is 0.451 e. The maximum atomic E-state index is 14.1. The second kappa shape index (κ2) is 6.18. The number of aromatic nitrogens is 6. The standard InChI is InChI=1S/C16H9BF4N6/c17-9-1-2-10(18)8(5-9)6-11-14-22-3-4-27(14)7-12(23-11)13-24-15(26-25-13)16(19,20)21/h1-5,7H,6H2,(H,24,25,26). The third-order valence-corrected chi connectivity index (χ3v) is 3.85. The van der Waals surface area contributed by atoms with Crippen molar-refractivity contribution in [3.63, 3.8) is 0 Å². The molecule has 6 nitrogen and oxygen atoms in total. The number of H-pyrrole nitrogens is 1. The summed E-state index contributed by atoms with van der Waals surface area (Å²) in [5.41, 5.74) is 1.54. The van der Waals surface area contributed by atoms with Crippen LogP contribution >= 0.6 is 0 Å². The zero-order chi connectivity index (χ0) is 19.2. The maximum absolute atomic E-state index is 14.1. The van der Waals surface area contributed by atoms with Crippen LogP contribution in [0.15, 0.2) is 36.8 Å². The SMILES string of the molecule is [B]c1ccc(F)c(Cc2nc(-c3n[nH]c(C(F)(F)F)n3)cn3ccnc23)c1. The highest BCUT2D eigenvalue weighted by atomic mass is 19.4. The second-order valence-corrected chi connectivity index (χ2v) is 5.76. The minimum absolute atomic E-state index is 0.0434. The van der Waals surface area contributed by atoms with Gasteiger partial charge in [-0.25, -0.2) is 19.3 Å². The fourth-order valence-electron chi connectivity index (χ4n) is 2.64. The largest absolute Gasteiger partial charge is 0.451 e. The molecule has 1 N–H and O–H groups in total. The molecule has 3 heterocycles.